The van der Waals surface area contributed by atoms with Crippen molar-refractivity contribution in [3.8, 4) is 0 Å². The van der Waals surface area contributed by atoms with Gasteiger partial charge in [-0.25, -0.2) is 13.4 Å². The van der Waals surface area contributed by atoms with Gasteiger partial charge in [0.05, 0.1) is 16.9 Å². The Hall–Kier alpha value is -3.33. The van der Waals surface area contributed by atoms with Crippen LogP contribution >= 0.6 is 23.2 Å². The van der Waals surface area contributed by atoms with Crippen molar-refractivity contribution >= 4 is 62.1 Å². The maximum atomic E-state index is 13.1. The number of hydrogen-bond donors (Lipinski definition) is 3. The molecule has 0 fully saturated rings. The van der Waals surface area contributed by atoms with Gasteiger partial charge in [0, 0.05) is 11.4 Å². The zero-order valence-electron chi connectivity index (χ0n) is 17.7. The van der Waals surface area contributed by atoms with Crippen molar-refractivity contribution in [2.45, 2.75) is 17.7 Å². The maximum absolute atomic E-state index is 13.1. The van der Waals surface area contributed by atoms with E-state index in [0.29, 0.717) is 41.0 Å². The lowest BCUT2D eigenvalue weighted by molar-refractivity contribution is 0.601. The third-order valence-electron chi connectivity index (χ3n) is 5.35. The molecule has 4 aromatic rings. The quantitative estimate of drug-likeness (QED) is 0.304. The summed E-state index contributed by atoms with van der Waals surface area (Å²) >= 11 is 12.5. The number of anilines is 5. The van der Waals surface area contributed by atoms with E-state index in [1.165, 1.54) is 12.3 Å². The van der Waals surface area contributed by atoms with Crippen LogP contribution in [-0.4, -0.2) is 18.4 Å². The smallest absolute Gasteiger partial charge is 0.263 e. The number of benzene rings is 3. The van der Waals surface area contributed by atoms with Gasteiger partial charge in [-0.2, -0.15) is 4.98 Å². The van der Waals surface area contributed by atoms with Crippen molar-refractivity contribution in [3.63, 3.8) is 0 Å². The minimum atomic E-state index is -3.88. The standard InChI is InChI=1S/C24H19Cl2N5O2S/c25-19-6-1-2-7-22(19)34(32,33)31-21-11-10-18-13-16(21)9-8-15-4-3-5-17(12-15)29-24-27-14-20(26)23(28-18)30-24/h1-7,10-14,31H,8-9H2,(H2,27,28,29,30). The molecule has 6 bridgehead atoms. The average molecular weight is 512 g/mol. The number of halogens is 2. The van der Waals surface area contributed by atoms with Crippen LogP contribution in [-0.2, 0) is 22.9 Å². The van der Waals surface area contributed by atoms with Gasteiger partial charge in [0.15, 0.2) is 5.82 Å². The van der Waals surface area contributed by atoms with Gasteiger partial charge in [0.1, 0.15) is 9.92 Å². The fourth-order valence-electron chi connectivity index (χ4n) is 3.70. The zero-order chi connectivity index (χ0) is 23.7. The Balaban J connectivity index is 1.57. The topological polar surface area (TPSA) is 96.0 Å². The number of rotatable bonds is 3. The Labute approximate surface area is 207 Å². The number of fused-ring (bicyclic) bond motifs is 6. The Kier molecular flexibility index (Phi) is 6.03. The highest BCUT2D eigenvalue weighted by atomic mass is 35.5. The minimum absolute atomic E-state index is 0.0229. The number of nitrogens with one attached hydrogen (secondary N) is 3. The molecule has 0 atom stereocenters. The van der Waals surface area contributed by atoms with Crippen LogP contribution < -0.4 is 15.4 Å². The maximum Gasteiger partial charge on any atom is 0.263 e. The summed E-state index contributed by atoms with van der Waals surface area (Å²) in [4.78, 5) is 8.76. The molecular weight excluding hydrogens is 493 g/mol. The molecular formula is C24H19Cl2N5O2S. The van der Waals surface area contributed by atoms with Gasteiger partial charge < -0.3 is 10.6 Å². The third kappa shape index (κ3) is 4.79. The fraction of sp³-hybridized carbons (Fsp3) is 0.0833. The minimum Gasteiger partial charge on any atom is -0.339 e. The molecule has 0 unspecified atom stereocenters. The van der Waals surface area contributed by atoms with E-state index < -0.39 is 10.0 Å². The SMILES string of the molecule is O=S(=O)(Nc1ccc2cc1CCc1cccc(c1)Nc1ncc(Cl)c(n1)N2)c1ccccc1Cl. The predicted molar refractivity (Wildman–Crippen MR) is 136 cm³/mol. The summed E-state index contributed by atoms with van der Waals surface area (Å²) in [6, 6.07) is 19.6. The molecule has 2 heterocycles. The van der Waals surface area contributed by atoms with Gasteiger partial charge in [-0.3, -0.25) is 4.72 Å². The molecule has 34 heavy (non-hydrogen) atoms. The normalized spacial score (nSPS) is 12.9. The lowest BCUT2D eigenvalue weighted by Crippen LogP contribution is -2.15. The molecule has 0 saturated carbocycles. The Morgan fingerprint density at radius 3 is 2.53 bits per heavy atom. The predicted octanol–water partition coefficient (Wildman–Crippen LogP) is 6.17. The van der Waals surface area contributed by atoms with Crippen molar-refractivity contribution in [2.24, 2.45) is 0 Å². The van der Waals surface area contributed by atoms with Crippen molar-refractivity contribution in [1.29, 1.82) is 0 Å². The summed E-state index contributed by atoms with van der Waals surface area (Å²) in [5, 5.41) is 6.92. The number of nitrogens with zero attached hydrogens (tertiary/aromatic N) is 2. The number of hydrogen-bond acceptors (Lipinski definition) is 6. The molecule has 0 saturated heterocycles. The van der Waals surface area contributed by atoms with Gasteiger partial charge in [-0.1, -0.05) is 47.5 Å². The molecule has 7 nitrogen and oxygen atoms in total. The van der Waals surface area contributed by atoms with E-state index in [-0.39, 0.29) is 9.92 Å². The summed E-state index contributed by atoms with van der Waals surface area (Å²) < 4.78 is 28.8. The molecule has 3 N–H and O–H groups in total. The number of aryl methyl sites for hydroxylation is 2. The highest BCUT2D eigenvalue weighted by molar-refractivity contribution is 7.92. The number of aromatic nitrogens is 2. The van der Waals surface area contributed by atoms with Crippen molar-refractivity contribution in [2.75, 3.05) is 15.4 Å². The summed E-state index contributed by atoms with van der Waals surface area (Å²) in [6.07, 6.45) is 2.81. The van der Waals surface area contributed by atoms with Crippen molar-refractivity contribution < 1.29 is 8.42 Å². The number of sulfonamides is 1. The van der Waals surface area contributed by atoms with Crippen molar-refractivity contribution in [3.05, 3.63) is 94.1 Å². The molecule has 1 aliphatic rings. The van der Waals surface area contributed by atoms with Gasteiger partial charge in [-0.05, 0) is 66.4 Å². The Morgan fingerprint density at radius 1 is 0.853 bits per heavy atom. The molecule has 0 spiro atoms. The molecule has 1 aliphatic heterocycles. The highest BCUT2D eigenvalue weighted by Crippen LogP contribution is 2.31. The molecule has 0 radical (unpaired) electrons. The first-order chi connectivity index (χ1) is 16.4. The van der Waals surface area contributed by atoms with Gasteiger partial charge in [0.25, 0.3) is 10.0 Å². The second-order valence-electron chi connectivity index (χ2n) is 7.75. The van der Waals surface area contributed by atoms with Crippen LogP contribution in [0.15, 0.2) is 77.8 Å². The van der Waals surface area contributed by atoms with Gasteiger partial charge >= 0.3 is 0 Å². The van der Waals surface area contributed by atoms with Gasteiger partial charge in [-0.15, -0.1) is 0 Å². The first-order valence-corrected chi connectivity index (χ1v) is 12.7. The summed E-state index contributed by atoms with van der Waals surface area (Å²) in [7, 11) is -3.88. The highest BCUT2D eigenvalue weighted by Gasteiger charge is 2.20. The molecule has 1 aromatic heterocycles. The van der Waals surface area contributed by atoms with Crippen LogP contribution in [0.1, 0.15) is 11.1 Å². The first kappa shape index (κ1) is 22.5. The van der Waals surface area contributed by atoms with E-state index in [9.17, 15) is 8.42 Å². The van der Waals surface area contributed by atoms with Crippen LogP contribution in [0.4, 0.5) is 28.8 Å². The largest absolute Gasteiger partial charge is 0.339 e. The molecule has 0 amide bonds. The van der Waals surface area contributed by atoms with E-state index in [4.69, 9.17) is 23.2 Å². The lowest BCUT2D eigenvalue weighted by atomic mass is 10.0. The molecule has 172 valence electrons. The Bertz CT molecular complexity index is 1490. The van der Waals surface area contributed by atoms with Crippen LogP contribution in [0.25, 0.3) is 0 Å². The van der Waals surface area contributed by atoms with Crippen LogP contribution in [0.5, 0.6) is 0 Å². The summed E-state index contributed by atoms with van der Waals surface area (Å²) in [5.74, 6) is 0.845. The van der Waals surface area contributed by atoms with E-state index in [2.05, 4.69) is 25.3 Å². The Morgan fingerprint density at radius 2 is 1.68 bits per heavy atom. The van der Waals surface area contributed by atoms with Crippen molar-refractivity contribution in [1.82, 2.24) is 9.97 Å². The molecule has 10 heteroatoms. The molecule has 3 aromatic carbocycles. The first-order valence-electron chi connectivity index (χ1n) is 10.4. The summed E-state index contributed by atoms with van der Waals surface area (Å²) in [5.41, 5.74) is 3.93. The van der Waals surface area contributed by atoms with Crippen LogP contribution in [0, 0.1) is 0 Å². The second-order valence-corrected chi connectivity index (χ2v) is 10.2. The van der Waals surface area contributed by atoms with E-state index in [0.717, 1.165) is 16.8 Å². The zero-order valence-corrected chi connectivity index (χ0v) is 20.0. The fourth-order valence-corrected chi connectivity index (χ4v) is 5.46. The van der Waals surface area contributed by atoms with Crippen LogP contribution in [0.2, 0.25) is 10.0 Å². The molecule has 0 aliphatic carbocycles. The third-order valence-corrected chi connectivity index (χ3v) is 7.49. The average Bonchev–Trinajstić information content (AvgIpc) is 2.81. The summed E-state index contributed by atoms with van der Waals surface area (Å²) in [6.45, 7) is 0. The van der Waals surface area contributed by atoms with E-state index >= 15 is 0 Å². The van der Waals surface area contributed by atoms with Gasteiger partial charge in [0.2, 0.25) is 5.95 Å². The monoisotopic (exact) mass is 511 g/mol. The lowest BCUT2D eigenvalue weighted by Gasteiger charge is -2.16. The van der Waals surface area contributed by atoms with E-state index in [1.807, 2.05) is 30.3 Å². The molecule has 5 rings (SSSR count). The van der Waals surface area contributed by atoms with Crippen LogP contribution in [0.3, 0.4) is 0 Å². The second kappa shape index (κ2) is 9.13. The van der Waals surface area contributed by atoms with E-state index in [1.54, 1.807) is 30.3 Å².